The first kappa shape index (κ1) is 11.9. The molecule has 0 unspecified atom stereocenters. The summed E-state index contributed by atoms with van der Waals surface area (Å²) >= 11 is 0. The van der Waals surface area contributed by atoms with Crippen LogP contribution in [0.3, 0.4) is 0 Å². The van der Waals surface area contributed by atoms with Crippen molar-refractivity contribution in [3.63, 3.8) is 0 Å². The molecule has 1 saturated heterocycles. The first-order valence-electron chi connectivity index (χ1n) is 5.67. The van der Waals surface area contributed by atoms with Crippen LogP contribution >= 0.6 is 0 Å². The van der Waals surface area contributed by atoms with E-state index in [1.807, 2.05) is 0 Å². The van der Waals surface area contributed by atoms with Crippen LogP contribution < -0.4 is 0 Å². The number of carbonyl (C=O) groups excluding carboxylic acids is 2. The Labute approximate surface area is 98.5 Å². The molecule has 2 rings (SSSR count). The highest BCUT2D eigenvalue weighted by Gasteiger charge is 2.52. The molecule has 6 nitrogen and oxygen atoms in total. The van der Waals surface area contributed by atoms with Crippen LogP contribution in [0, 0.1) is 11.8 Å². The minimum Gasteiger partial charge on any atom is -0.481 e. The molecule has 0 aromatic heterocycles. The number of amides is 1. The van der Waals surface area contributed by atoms with Crippen LogP contribution in [0.5, 0.6) is 0 Å². The predicted octanol–water partition coefficient (Wildman–Crippen LogP) is -0.129. The summed E-state index contributed by atoms with van der Waals surface area (Å²) in [4.78, 5) is 35.6. The number of carbonyl (C=O) groups is 3. The van der Waals surface area contributed by atoms with Gasteiger partial charge in [0, 0.05) is 6.54 Å². The van der Waals surface area contributed by atoms with E-state index in [1.54, 1.807) is 0 Å². The first-order chi connectivity index (χ1) is 8.06. The summed E-state index contributed by atoms with van der Waals surface area (Å²) in [7, 11) is 1.29. The van der Waals surface area contributed by atoms with Crippen LogP contribution in [0.25, 0.3) is 0 Å². The van der Waals surface area contributed by atoms with Gasteiger partial charge in [0.1, 0.15) is 6.04 Å². The van der Waals surface area contributed by atoms with E-state index in [4.69, 9.17) is 5.11 Å². The molecule has 1 aliphatic carbocycles. The van der Waals surface area contributed by atoms with Crippen molar-refractivity contribution in [2.24, 2.45) is 11.8 Å². The van der Waals surface area contributed by atoms with E-state index in [1.165, 1.54) is 12.0 Å². The topological polar surface area (TPSA) is 83.9 Å². The van der Waals surface area contributed by atoms with Crippen molar-refractivity contribution >= 4 is 17.8 Å². The third-order valence-corrected chi connectivity index (χ3v) is 3.43. The van der Waals surface area contributed by atoms with Gasteiger partial charge >= 0.3 is 11.9 Å². The van der Waals surface area contributed by atoms with Gasteiger partial charge in [-0.3, -0.25) is 9.59 Å². The zero-order chi connectivity index (χ0) is 12.6. The quantitative estimate of drug-likeness (QED) is 0.696. The Morgan fingerprint density at radius 2 is 2.00 bits per heavy atom. The fourth-order valence-electron chi connectivity index (χ4n) is 2.37. The Bertz CT molecular complexity index is 367. The largest absolute Gasteiger partial charge is 0.481 e. The molecule has 3 atom stereocenters. The summed E-state index contributed by atoms with van der Waals surface area (Å²) in [5, 5.41) is 8.77. The van der Waals surface area contributed by atoms with Crippen molar-refractivity contribution in [2.45, 2.75) is 25.3 Å². The van der Waals surface area contributed by atoms with Crippen LogP contribution in [-0.2, 0) is 19.1 Å². The monoisotopic (exact) mass is 241 g/mol. The number of hydrogen-bond donors (Lipinski definition) is 1. The standard InChI is InChI=1S/C11H15NO5/c1-17-11(16)8-3-2-4-12(8)9(13)6-5-7(6)10(14)15/h6-8H,2-5H2,1H3,(H,14,15)/t6-,7+,8+/m1/s1. The van der Waals surface area contributed by atoms with E-state index in [0.29, 0.717) is 19.4 Å². The fraction of sp³-hybridized carbons (Fsp3) is 0.727. The summed E-state index contributed by atoms with van der Waals surface area (Å²) in [6.07, 6.45) is 1.75. The number of methoxy groups -OCH3 is 1. The highest BCUT2D eigenvalue weighted by atomic mass is 16.5. The van der Waals surface area contributed by atoms with Gasteiger partial charge in [-0.2, -0.15) is 0 Å². The zero-order valence-corrected chi connectivity index (χ0v) is 9.59. The number of nitrogens with zero attached hydrogens (tertiary/aromatic N) is 1. The van der Waals surface area contributed by atoms with Gasteiger partial charge in [0.25, 0.3) is 0 Å². The molecule has 94 valence electrons. The average molecular weight is 241 g/mol. The number of carboxylic acid groups (broad SMARTS) is 1. The lowest BCUT2D eigenvalue weighted by Crippen LogP contribution is -2.42. The maximum atomic E-state index is 12.0. The highest BCUT2D eigenvalue weighted by molar-refractivity contribution is 5.92. The van der Waals surface area contributed by atoms with Gasteiger partial charge in [-0.15, -0.1) is 0 Å². The van der Waals surface area contributed by atoms with Crippen LogP contribution in [0.4, 0.5) is 0 Å². The van der Waals surface area contributed by atoms with E-state index in [-0.39, 0.29) is 5.91 Å². The van der Waals surface area contributed by atoms with E-state index in [2.05, 4.69) is 4.74 Å². The third-order valence-electron chi connectivity index (χ3n) is 3.43. The predicted molar refractivity (Wildman–Crippen MR) is 56.0 cm³/mol. The second kappa shape index (κ2) is 4.35. The third kappa shape index (κ3) is 2.11. The second-order valence-corrected chi connectivity index (χ2v) is 4.50. The van der Waals surface area contributed by atoms with Crippen molar-refractivity contribution < 1.29 is 24.2 Å². The minimum absolute atomic E-state index is 0.217. The molecule has 1 N–H and O–H groups in total. The SMILES string of the molecule is COC(=O)[C@@H]1CCCN1C(=O)[C@@H]1C[C@@H]1C(=O)O. The summed E-state index contributed by atoms with van der Waals surface area (Å²) in [5.41, 5.74) is 0. The van der Waals surface area contributed by atoms with Crippen LogP contribution in [0.2, 0.25) is 0 Å². The molecule has 2 fully saturated rings. The summed E-state index contributed by atoms with van der Waals surface area (Å²) in [6.45, 7) is 0.515. The second-order valence-electron chi connectivity index (χ2n) is 4.50. The van der Waals surface area contributed by atoms with Crippen molar-refractivity contribution in [1.29, 1.82) is 0 Å². The Morgan fingerprint density at radius 3 is 2.53 bits per heavy atom. The molecule has 0 radical (unpaired) electrons. The maximum Gasteiger partial charge on any atom is 0.328 e. The number of ether oxygens (including phenoxy) is 1. The molecule has 6 heteroatoms. The number of rotatable bonds is 3. The van der Waals surface area contributed by atoms with Crippen molar-refractivity contribution in [3.8, 4) is 0 Å². The number of esters is 1. The van der Waals surface area contributed by atoms with Gasteiger partial charge in [-0.05, 0) is 19.3 Å². The lowest BCUT2D eigenvalue weighted by atomic mass is 10.2. The van der Waals surface area contributed by atoms with Gasteiger partial charge < -0.3 is 14.7 Å². The molecule has 0 spiro atoms. The number of aliphatic carboxylic acids is 1. The molecule has 1 saturated carbocycles. The Kier molecular flexibility index (Phi) is 3.04. The molecular formula is C11H15NO5. The van der Waals surface area contributed by atoms with Gasteiger partial charge in [-0.1, -0.05) is 0 Å². The Balaban J connectivity index is 2.00. The van der Waals surface area contributed by atoms with E-state index in [0.717, 1.165) is 6.42 Å². The molecule has 1 heterocycles. The molecule has 1 amide bonds. The Morgan fingerprint density at radius 1 is 1.29 bits per heavy atom. The van der Waals surface area contributed by atoms with Gasteiger partial charge in [-0.25, -0.2) is 4.79 Å². The average Bonchev–Trinajstić information content (AvgIpc) is 2.97. The van der Waals surface area contributed by atoms with E-state index in [9.17, 15) is 14.4 Å². The summed E-state index contributed by atoms with van der Waals surface area (Å²) in [5.74, 6) is -2.58. The summed E-state index contributed by atoms with van der Waals surface area (Å²) < 4.78 is 4.64. The van der Waals surface area contributed by atoms with Crippen molar-refractivity contribution in [3.05, 3.63) is 0 Å². The number of likely N-dealkylation sites (tertiary alicyclic amines) is 1. The van der Waals surface area contributed by atoms with Crippen LogP contribution in [-0.4, -0.2) is 47.5 Å². The molecule has 0 aromatic rings. The highest BCUT2D eigenvalue weighted by Crippen LogP contribution is 2.41. The molecular weight excluding hydrogens is 226 g/mol. The van der Waals surface area contributed by atoms with Crippen LogP contribution in [0.1, 0.15) is 19.3 Å². The molecule has 2 aliphatic rings. The van der Waals surface area contributed by atoms with Gasteiger partial charge in [0.15, 0.2) is 0 Å². The minimum atomic E-state index is -0.933. The smallest absolute Gasteiger partial charge is 0.328 e. The lowest BCUT2D eigenvalue weighted by molar-refractivity contribution is -0.151. The molecule has 0 bridgehead atoms. The summed E-state index contributed by atoms with van der Waals surface area (Å²) in [6, 6.07) is -0.525. The first-order valence-corrected chi connectivity index (χ1v) is 5.67. The van der Waals surface area contributed by atoms with Gasteiger partial charge in [0.2, 0.25) is 5.91 Å². The molecule has 1 aliphatic heterocycles. The number of carboxylic acids is 1. The maximum absolute atomic E-state index is 12.0. The molecule has 17 heavy (non-hydrogen) atoms. The Hall–Kier alpha value is -1.59. The molecule has 0 aromatic carbocycles. The van der Waals surface area contributed by atoms with Crippen molar-refractivity contribution in [2.75, 3.05) is 13.7 Å². The lowest BCUT2D eigenvalue weighted by Gasteiger charge is -2.22. The van der Waals surface area contributed by atoms with E-state index < -0.39 is 29.8 Å². The normalized spacial score (nSPS) is 31.1. The zero-order valence-electron chi connectivity index (χ0n) is 9.59. The number of hydrogen-bond acceptors (Lipinski definition) is 4. The van der Waals surface area contributed by atoms with Gasteiger partial charge in [0.05, 0.1) is 18.9 Å². The fourth-order valence-corrected chi connectivity index (χ4v) is 2.37. The van der Waals surface area contributed by atoms with E-state index >= 15 is 0 Å². The van der Waals surface area contributed by atoms with Crippen LogP contribution in [0.15, 0.2) is 0 Å². The van der Waals surface area contributed by atoms with Crippen molar-refractivity contribution in [1.82, 2.24) is 4.90 Å².